The molecular formula is C15H13F2N5. The van der Waals surface area contributed by atoms with Gasteiger partial charge in [-0.1, -0.05) is 5.21 Å². The Labute approximate surface area is 125 Å². The molecule has 3 heterocycles. The second-order valence-electron chi connectivity index (χ2n) is 4.96. The summed E-state index contributed by atoms with van der Waals surface area (Å²) in [5.41, 5.74) is 2.17. The van der Waals surface area contributed by atoms with Crippen molar-refractivity contribution in [3.8, 4) is 11.3 Å². The summed E-state index contributed by atoms with van der Waals surface area (Å²) < 4.78 is 27.9. The molecule has 0 radical (unpaired) electrons. The van der Waals surface area contributed by atoms with Gasteiger partial charge in [0.1, 0.15) is 5.69 Å². The molecule has 3 aromatic rings. The van der Waals surface area contributed by atoms with Crippen LogP contribution in [0.2, 0.25) is 0 Å². The Morgan fingerprint density at radius 3 is 2.55 bits per heavy atom. The van der Waals surface area contributed by atoms with E-state index < -0.39 is 5.92 Å². The highest BCUT2D eigenvalue weighted by atomic mass is 19.3. The van der Waals surface area contributed by atoms with Gasteiger partial charge in [-0.05, 0) is 24.3 Å². The maximum atomic E-state index is 13.1. The number of halogens is 2. The van der Waals surface area contributed by atoms with Crippen molar-refractivity contribution >= 4 is 0 Å². The molecule has 0 N–H and O–H groups in total. The molecule has 0 bridgehead atoms. The molecule has 0 saturated carbocycles. The molecule has 0 aliphatic rings. The average molecular weight is 301 g/mol. The van der Waals surface area contributed by atoms with E-state index >= 15 is 0 Å². The molecule has 0 fully saturated rings. The van der Waals surface area contributed by atoms with Gasteiger partial charge in [-0.3, -0.25) is 9.97 Å². The molecule has 0 atom stereocenters. The fourth-order valence-corrected chi connectivity index (χ4v) is 1.97. The van der Waals surface area contributed by atoms with E-state index in [0.29, 0.717) is 12.2 Å². The summed E-state index contributed by atoms with van der Waals surface area (Å²) >= 11 is 0. The van der Waals surface area contributed by atoms with Crippen LogP contribution in [0.5, 0.6) is 0 Å². The highest BCUT2D eigenvalue weighted by Gasteiger charge is 2.24. The van der Waals surface area contributed by atoms with Crippen molar-refractivity contribution in [2.45, 2.75) is 19.4 Å². The normalized spacial score (nSPS) is 11.6. The molecule has 0 saturated heterocycles. The van der Waals surface area contributed by atoms with Crippen LogP contribution in [0.1, 0.15) is 18.2 Å². The molecule has 5 nitrogen and oxygen atoms in total. The summed E-state index contributed by atoms with van der Waals surface area (Å²) in [5, 5.41) is 8.09. The van der Waals surface area contributed by atoms with Crippen molar-refractivity contribution < 1.29 is 8.78 Å². The first-order chi connectivity index (χ1) is 10.5. The van der Waals surface area contributed by atoms with Gasteiger partial charge in [-0.25, -0.2) is 13.5 Å². The van der Waals surface area contributed by atoms with E-state index in [1.54, 1.807) is 29.3 Å². The second kappa shape index (κ2) is 5.59. The summed E-state index contributed by atoms with van der Waals surface area (Å²) in [5.74, 6) is -2.88. The van der Waals surface area contributed by atoms with Crippen LogP contribution in [0.25, 0.3) is 11.3 Å². The van der Waals surface area contributed by atoms with E-state index in [-0.39, 0.29) is 5.56 Å². The fraction of sp³-hybridized carbons (Fsp3) is 0.200. The number of hydrogen-bond donors (Lipinski definition) is 0. The minimum atomic E-state index is -2.88. The predicted molar refractivity (Wildman–Crippen MR) is 76.2 cm³/mol. The van der Waals surface area contributed by atoms with Gasteiger partial charge in [-0.2, -0.15) is 0 Å². The number of aromatic nitrogens is 5. The molecule has 22 heavy (non-hydrogen) atoms. The van der Waals surface area contributed by atoms with Crippen molar-refractivity contribution in [1.29, 1.82) is 0 Å². The van der Waals surface area contributed by atoms with E-state index in [2.05, 4.69) is 20.3 Å². The van der Waals surface area contributed by atoms with Gasteiger partial charge in [0.2, 0.25) is 0 Å². The Morgan fingerprint density at radius 1 is 1.14 bits per heavy atom. The first kappa shape index (κ1) is 14.2. The number of hydrogen-bond acceptors (Lipinski definition) is 4. The first-order valence-corrected chi connectivity index (χ1v) is 6.66. The molecule has 3 aromatic heterocycles. The Balaban J connectivity index is 1.76. The van der Waals surface area contributed by atoms with Crippen LogP contribution >= 0.6 is 0 Å². The largest absolute Gasteiger partial charge is 0.272 e. The van der Waals surface area contributed by atoms with Crippen molar-refractivity contribution in [2.24, 2.45) is 0 Å². The topological polar surface area (TPSA) is 56.5 Å². The van der Waals surface area contributed by atoms with Crippen LogP contribution in [0.15, 0.2) is 49.1 Å². The molecule has 112 valence electrons. The fourth-order valence-electron chi connectivity index (χ4n) is 1.97. The van der Waals surface area contributed by atoms with E-state index in [1.807, 2.05) is 12.1 Å². The predicted octanol–water partition coefficient (Wildman–Crippen LogP) is 2.90. The van der Waals surface area contributed by atoms with E-state index in [9.17, 15) is 8.78 Å². The average Bonchev–Trinajstić information content (AvgIpc) is 2.96. The maximum absolute atomic E-state index is 13.1. The van der Waals surface area contributed by atoms with Gasteiger partial charge in [0.15, 0.2) is 0 Å². The summed E-state index contributed by atoms with van der Waals surface area (Å²) in [6, 6.07) is 6.62. The molecule has 0 aliphatic carbocycles. The smallest absolute Gasteiger partial charge is 0.265 e. The minimum Gasteiger partial charge on any atom is -0.265 e. The standard InChI is InChI=1S/C15H13F2N5/c1-15(16,17)12-2-3-13(19-8-12)9-22-10-14(20-21-22)11-4-6-18-7-5-11/h2-8,10H,9H2,1H3. The van der Waals surface area contributed by atoms with Crippen LogP contribution in [0.4, 0.5) is 8.78 Å². The van der Waals surface area contributed by atoms with Crippen molar-refractivity contribution in [1.82, 2.24) is 25.0 Å². The van der Waals surface area contributed by atoms with Crippen LogP contribution < -0.4 is 0 Å². The SMILES string of the molecule is CC(F)(F)c1ccc(Cn2cc(-c3ccncc3)nn2)nc1. The number of pyridine rings is 2. The highest BCUT2D eigenvalue weighted by molar-refractivity contribution is 5.56. The molecule has 0 unspecified atom stereocenters. The molecule has 0 amide bonds. The third-order valence-corrected chi connectivity index (χ3v) is 3.17. The van der Waals surface area contributed by atoms with Crippen LogP contribution in [0, 0.1) is 0 Å². The summed E-state index contributed by atoms with van der Waals surface area (Å²) in [6.07, 6.45) is 6.33. The molecular weight excluding hydrogens is 288 g/mol. The van der Waals surface area contributed by atoms with Gasteiger partial charge in [0.25, 0.3) is 5.92 Å². The lowest BCUT2D eigenvalue weighted by Crippen LogP contribution is -2.09. The van der Waals surface area contributed by atoms with Gasteiger partial charge in [0, 0.05) is 36.6 Å². The van der Waals surface area contributed by atoms with E-state index in [1.165, 1.54) is 12.3 Å². The molecule has 0 spiro atoms. The second-order valence-corrected chi connectivity index (χ2v) is 4.96. The Hall–Kier alpha value is -2.70. The Morgan fingerprint density at radius 2 is 1.91 bits per heavy atom. The van der Waals surface area contributed by atoms with E-state index in [0.717, 1.165) is 18.2 Å². The van der Waals surface area contributed by atoms with Crippen molar-refractivity contribution in [3.63, 3.8) is 0 Å². The van der Waals surface area contributed by atoms with Crippen molar-refractivity contribution in [3.05, 3.63) is 60.3 Å². The van der Waals surface area contributed by atoms with Crippen LogP contribution in [0.3, 0.4) is 0 Å². The van der Waals surface area contributed by atoms with Crippen LogP contribution in [-0.4, -0.2) is 25.0 Å². The van der Waals surface area contributed by atoms with E-state index in [4.69, 9.17) is 0 Å². The lowest BCUT2D eigenvalue weighted by atomic mass is 10.1. The zero-order valence-corrected chi connectivity index (χ0v) is 11.8. The summed E-state index contributed by atoms with van der Waals surface area (Å²) in [6.45, 7) is 1.22. The monoisotopic (exact) mass is 301 g/mol. The zero-order valence-electron chi connectivity index (χ0n) is 11.8. The molecule has 3 rings (SSSR count). The van der Waals surface area contributed by atoms with Crippen LogP contribution in [-0.2, 0) is 12.5 Å². The summed E-state index contributed by atoms with van der Waals surface area (Å²) in [4.78, 5) is 7.99. The molecule has 7 heteroatoms. The maximum Gasteiger partial charge on any atom is 0.272 e. The number of nitrogens with zero attached hydrogens (tertiary/aromatic N) is 5. The third-order valence-electron chi connectivity index (χ3n) is 3.17. The molecule has 0 aromatic carbocycles. The highest BCUT2D eigenvalue weighted by Crippen LogP contribution is 2.26. The first-order valence-electron chi connectivity index (χ1n) is 6.66. The van der Waals surface area contributed by atoms with Gasteiger partial charge in [-0.15, -0.1) is 5.10 Å². The Kier molecular flexibility index (Phi) is 3.62. The number of alkyl halides is 2. The lowest BCUT2D eigenvalue weighted by Gasteiger charge is -2.10. The molecule has 0 aliphatic heterocycles. The lowest BCUT2D eigenvalue weighted by molar-refractivity contribution is 0.0171. The summed E-state index contributed by atoms with van der Waals surface area (Å²) in [7, 11) is 0. The zero-order chi connectivity index (χ0) is 15.6. The Bertz CT molecular complexity index is 748. The van der Waals surface area contributed by atoms with Gasteiger partial charge < -0.3 is 0 Å². The van der Waals surface area contributed by atoms with Crippen molar-refractivity contribution in [2.75, 3.05) is 0 Å². The number of rotatable bonds is 4. The third kappa shape index (κ3) is 3.13. The minimum absolute atomic E-state index is 0.104. The van der Waals surface area contributed by atoms with Gasteiger partial charge >= 0.3 is 0 Å². The van der Waals surface area contributed by atoms with Gasteiger partial charge in [0.05, 0.1) is 18.4 Å². The quantitative estimate of drug-likeness (QED) is 0.743.